The molecule has 3 nitrogen and oxygen atoms in total. The van der Waals surface area contributed by atoms with Gasteiger partial charge in [0.2, 0.25) is 0 Å². The van der Waals surface area contributed by atoms with Crippen LogP contribution in [0, 0.1) is 0 Å². The number of hydrogen-bond acceptors (Lipinski definition) is 3. The molecule has 0 atom stereocenters. The van der Waals surface area contributed by atoms with E-state index in [4.69, 9.17) is 8.83 Å². The molecule has 0 unspecified atom stereocenters. The Bertz CT molecular complexity index is 2840. The number of benzene rings is 8. The Balaban J connectivity index is 1.10. The van der Waals surface area contributed by atoms with Crippen LogP contribution in [0.4, 0.5) is 17.1 Å². The van der Waals surface area contributed by atoms with Crippen LogP contribution in [0.15, 0.2) is 185 Å². The van der Waals surface area contributed by atoms with Gasteiger partial charge in [-0.2, -0.15) is 0 Å². The SMILES string of the molecule is c1cc(-c2ccc(N(c3ccc4c(c3)oc3ccccc34)c3cccc4c3oc3ccccc34)cc2)cc(-c2ccc3ccccc3c2)c1. The number of anilines is 3. The standard InChI is InChI=1S/C46H29NO2/c1-2-10-32-28-35(20-19-30(32)9-1)34-12-7-11-33(27-34)31-21-23-36(24-22-31)47(37-25-26-40-38-13-3-5-17-43(38)48-45(40)29-37)42-16-8-15-41-39-14-4-6-18-44(39)49-46(41)42/h1-29H. The lowest BCUT2D eigenvalue weighted by molar-refractivity contribution is 0.667. The monoisotopic (exact) mass is 627 g/mol. The van der Waals surface area contributed by atoms with Gasteiger partial charge in [0.25, 0.3) is 0 Å². The average molecular weight is 628 g/mol. The first-order chi connectivity index (χ1) is 24.3. The molecule has 0 spiro atoms. The smallest absolute Gasteiger partial charge is 0.159 e. The van der Waals surface area contributed by atoms with Crippen LogP contribution in [-0.4, -0.2) is 0 Å². The van der Waals surface area contributed by atoms with Crippen molar-refractivity contribution in [3.05, 3.63) is 176 Å². The molecule has 0 bridgehead atoms. The predicted molar refractivity (Wildman–Crippen MR) is 204 cm³/mol. The Morgan fingerprint density at radius 1 is 0.327 bits per heavy atom. The maximum Gasteiger partial charge on any atom is 0.159 e. The fourth-order valence-electron chi connectivity index (χ4n) is 7.24. The Morgan fingerprint density at radius 3 is 1.76 bits per heavy atom. The summed E-state index contributed by atoms with van der Waals surface area (Å²) in [5.74, 6) is 0. The van der Waals surface area contributed by atoms with Crippen LogP contribution < -0.4 is 4.90 Å². The van der Waals surface area contributed by atoms with Gasteiger partial charge in [0.1, 0.15) is 16.7 Å². The minimum absolute atomic E-state index is 0.848. The molecule has 0 N–H and O–H groups in total. The predicted octanol–water partition coefficient (Wildman–Crippen LogP) is 13.4. The highest BCUT2D eigenvalue weighted by Crippen LogP contribution is 2.44. The Morgan fingerprint density at radius 2 is 0.918 bits per heavy atom. The van der Waals surface area contributed by atoms with Gasteiger partial charge < -0.3 is 13.7 Å². The van der Waals surface area contributed by atoms with Crippen molar-refractivity contribution in [2.75, 3.05) is 4.90 Å². The zero-order valence-corrected chi connectivity index (χ0v) is 26.5. The number of para-hydroxylation sites is 3. The summed E-state index contributed by atoms with van der Waals surface area (Å²) in [6.45, 7) is 0. The van der Waals surface area contributed by atoms with E-state index in [9.17, 15) is 0 Å². The molecule has 0 aliphatic carbocycles. The molecule has 10 rings (SSSR count). The van der Waals surface area contributed by atoms with Gasteiger partial charge in [0.05, 0.1) is 11.4 Å². The summed E-state index contributed by atoms with van der Waals surface area (Å²) in [6.07, 6.45) is 0. The van der Waals surface area contributed by atoms with E-state index < -0.39 is 0 Å². The van der Waals surface area contributed by atoms with E-state index in [0.29, 0.717) is 0 Å². The molecule has 3 heteroatoms. The average Bonchev–Trinajstić information content (AvgIpc) is 3.74. The van der Waals surface area contributed by atoms with Gasteiger partial charge >= 0.3 is 0 Å². The number of hydrogen-bond donors (Lipinski definition) is 0. The van der Waals surface area contributed by atoms with E-state index in [2.05, 4.69) is 157 Å². The molecule has 0 fully saturated rings. The van der Waals surface area contributed by atoms with E-state index in [-0.39, 0.29) is 0 Å². The molecule has 230 valence electrons. The fraction of sp³-hybridized carbons (Fsp3) is 0. The number of nitrogens with zero attached hydrogens (tertiary/aromatic N) is 1. The van der Waals surface area contributed by atoms with Crippen molar-refractivity contribution in [2.24, 2.45) is 0 Å². The quantitative estimate of drug-likeness (QED) is 0.190. The highest BCUT2D eigenvalue weighted by molar-refractivity contribution is 6.11. The van der Waals surface area contributed by atoms with Gasteiger partial charge in [-0.3, -0.25) is 0 Å². The first-order valence-electron chi connectivity index (χ1n) is 16.6. The van der Waals surface area contributed by atoms with E-state index in [1.165, 1.54) is 27.5 Å². The van der Waals surface area contributed by atoms with Crippen molar-refractivity contribution in [2.45, 2.75) is 0 Å². The summed E-state index contributed by atoms with van der Waals surface area (Å²) < 4.78 is 12.9. The minimum Gasteiger partial charge on any atom is -0.456 e. The van der Waals surface area contributed by atoms with Gasteiger partial charge in [-0.05, 0) is 87.6 Å². The van der Waals surface area contributed by atoms with Crippen LogP contribution in [0.1, 0.15) is 0 Å². The summed E-state index contributed by atoms with van der Waals surface area (Å²) in [7, 11) is 0. The minimum atomic E-state index is 0.848. The molecule has 2 aromatic heterocycles. The third-order valence-electron chi connectivity index (χ3n) is 9.65. The molecular formula is C46H29NO2. The zero-order valence-electron chi connectivity index (χ0n) is 26.5. The van der Waals surface area contributed by atoms with Crippen molar-refractivity contribution in [3.63, 3.8) is 0 Å². The largest absolute Gasteiger partial charge is 0.456 e. The molecule has 0 aliphatic heterocycles. The van der Waals surface area contributed by atoms with Gasteiger partial charge in [-0.15, -0.1) is 0 Å². The second kappa shape index (κ2) is 11.0. The Kier molecular flexibility index (Phi) is 6.18. The molecule has 10 aromatic rings. The topological polar surface area (TPSA) is 29.5 Å². The van der Waals surface area contributed by atoms with Crippen molar-refractivity contribution in [1.82, 2.24) is 0 Å². The highest BCUT2D eigenvalue weighted by atomic mass is 16.3. The molecule has 0 radical (unpaired) electrons. The van der Waals surface area contributed by atoms with Crippen molar-refractivity contribution in [3.8, 4) is 22.3 Å². The number of fused-ring (bicyclic) bond motifs is 7. The van der Waals surface area contributed by atoms with Crippen LogP contribution in [-0.2, 0) is 0 Å². The van der Waals surface area contributed by atoms with Crippen LogP contribution in [0.5, 0.6) is 0 Å². The summed E-state index contributed by atoms with van der Waals surface area (Å²) in [6, 6.07) is 62.1. The third kappa shape index (κ3) is 4.59. The number of rotatable bonds is 5. The lowest BCUT2D eigenvalue weighted by Gasteiger charge is -2.25. The lowest BCUT2D eigenvalue weighted by Crippen LogP contribution is -2.10. The fourth-order valence-corrected chi connectivity index (χ4v) is 7.24. The summed E-state index contributed by atoms with van der Waals surface area (Å²) >= 11 is 0. The van der Waals surface area contributed by atoms with Crippen LogP contribution in [0.2, 0.25) is 0 Å². The Labute approximate surface area is 282 Å². The molecule has 2 heterocycles. The van der Waals surface area contributed by atoms with Crippen LogP contribution in [0.3, 0.4) is 0 Å². The highest BCUT2D eigenvalue weighted by Gasteiger charge is 2.20. The lowest BCUT2D eigenvalue weighted by atomic mass is 9.97. The maximum atomic E-state index is 6.55. The van der Waals surface area contributed by atoms with Crippen LogP contribution >= 0.6 is 0 Å². The molecule has 0 saturated heterocycles. The molecule has 0 saturated carbocycles. The molecular weight excluding hydrogens is 599 g/mol. The van der Waals surface area contributed by atoms with E-state index >= 15 is 0 Å². The van der Waals surface area contributed by atoms with Crippen molar-refractivity contribution in [1.29, 1.82) is 0 Å². The number of furan rings is 2. The summed E-state index contributed by atoms with van der Waals surface area (Å²) in [5.41, 5.74) is 11.2. The van der Waals surface area contributed by atoms with E-state index in [1.54, 1.807) is 0 Å². The van der Waals surface area contributed by atoms with Gasteiger partial charge in [0.15, 0.2) is 5.58 Å². The van der Waals surface area contributed by atoms with Gasteiger partial charge in [-0.25, -0.2) is 0 Å². The van der Waals surface area contributed by atoms with Gasteiger partial charge in [-0.1, -0.05) is 115 Å². The summed E-state index contributed by atoms with van der Waals surface area (Å²) in [5, 5.41) is 6.90. The van der Waals surface area contributed by atoms with E-state index in [1.807, 2.05) is 24.3 Å². The zero-order chi connectivity index (χ0) is 32.3. The van der Waals surface area contributed by atoms with Gasteiger partial charge in [0, 0.05) is 33.3 Å². The first-order valence-corrected chi connectivity index (χ1v) is 16.6. The molecule has 0 aliphatic rings. The van der Waals surface area contributed by atoms with Crippen molar-refractivity contribution >= 4 is 71.7 Å². The molecule has 49 heavy (non-hydrogen) atoms. The maximum absolute atomic E-state index is 6.55. The Hall–Kier alpha value is -6.58. The normalized spacial score (nSPS) is 11.7. The van der Waals surface area contributed by atoms with Crippen LogP contribution in [0.25, 0.3) is 76.9 Å². The molecule has 0 amide bonds. The second-order valence-electron chi connectivity index (χ2n) is 12.6. The first kappa shape index (κ1) is 27.5. The van der Waals surface area contributed by atoms with E-state index in [0.717, 1.165) is 66.5 Å². The second-order valence-corrected chi connectivity index (χ2v) is 12.6. The third-order valence-corrected chi connectivity index (χ3v) is 9.65. The van der Waals surface area contributed by atoms with Crippen molar-refractivity contribution < 1.29 is 8.83 Å². The molecule has 8 aromatic carbocycles. The summed E-state index contributed by atoms with van der Waals surface area (Å²) in [4.78, 5) is 2.27.